The first-order valence-electron chi connectivity index (χ1n) is 7.91. The van der Waals surface area contributed by atoms with Gasteiger partial charge in [-0.25, -0.2) is 4.98 Å². The van der Waals surface area contributed by atoms with Gasteiger partial charge in [-0.3, -0.25) is 0 Å². The van der Waals surface area contributed by atoms with Crippen LogP contribution in [0.25, 0.3) is 0 Å². The molecule has 21 heavy (non-hydrogen) atoms. The van der Waals surface area contributed by atoms with Crippen LogP contribution in [0.5, 0.6) is 0 Å². The van der Waals surface area contributed by atoms with Crippen LogP contribution < -0.4 is 10.6 Å². The topological polar surface area (TPSA) is 62.4 Å². The van der Waals surface area contributed by atoms with Gasteiger partial charge in [0.1, 0.15) is 10.8 Å². The Morgan fingerprint density at radius 2 is 2.29 bits per heavy atom. The molecule has 0 spiro atoms. The van der Waals surface area contributed by atoms with Crippen LogP contribution in [-0.4, -0.2) is 34.3 Å². The van der Waals surface area contributed by atoms with Crippen LogP contribution in [0.2, 0.25) is 0 Å². The highest BCUT2D eigenvalue weighted by molar-refractivity contribution is 7.80. The number of pyridine rings is 1. The van der Waals surface area contributed by atoms with E-state index in [2.05, 4.69) is 11.0 Å². The van der Waals surface area contributed by atoms with Crippen molar-refractivity contribution in [3.8, 4) is 0 Å². The number of aromatic nitrogens is 1. The summed E-state index contributed by atoms with van der Waals surface area (Å²) in [6, 6.07) is 2.62. The van der Waals surface area contributed by atoms with Gasteiger partial charge in [0.2, 0.25) is 0 Å². The Morgan fingerprint density at radius 3 is 3.05 bits per heavy atom. The number of fused-ring (bicyclic) bond motifs is 1. The molecule has 0 saturated carbocycles. The molecule has 0 amide bonds. The van der Waals surface area contributed by atoms with Gasteiger partial charge in [-0.1, -0.05) is 12.2 Å². The van der Waals surface area contributed by atoms with Crippen LogP contribution in [0.15, 0.2) is 6.07 Å². The number of nitrogens with zero attached hydrogens (tertiary/aromatic N) is 2. The third kappa shape index (κ3) is 2.90. The summed E-state index contributed by atoms with van der Waals surface area (Å²) in [4.78, 5) is 7.72. The normalized spacial score (nSPS) is 20.8. The predicted octanol–water partition coefficient (Wildman–Crippen LogP) is 1.95. The highest BCUT2D eigenvalue weighted by atomic mass is 32.1. The average Bonchev–Trinajstić information content (AvgIpc) is 3.11. The van der Waals surface area contributed by atoms with Gasteiger partial charge in [0.15, 0.2) is 0 Å². The summed E-state index contributed by atoms with van der Waals surface area (Å²) in [5.41, 5.74) is 9.41. The summed E-state index contributed by atoms with van der Waals surface area (Å²) in [5.74, 6) is 0.976. The van der Waals surface area contributed by atoms with E-state index in [1.807, 2.05) is 0 Å². The average molecular weight is 305 g/mol. The molecule has 3 N–H and O–H groups in total. The zero-order valence-electron chi connectivity index (χ0n) is 12.3. The van der Waals surface area contributed by atoms with Gasteiger partial charge in [-0.2, -0.15) is 0 Å². The molecule has 1 aromatic heterocycles. The molecule has 0 bridgehead atoms. The molecule has 1 saturated heterocycles. The maximum Gasteiger partial charge on any atom is 0.139 e. The van der Waals surface area contributed by atoms with Gasteiger partial charge >= 0.3 is 0 Å². The van der Waals surface area contributed by atoms with E-state index in [1.165, 1.54) is 24.1 Å². The number of hydrogen-bond acceptors (Lipinski definition) is 4. The second-order valence-electron chi connectivity index (χ2n) is 6.04. The number of hydrogen-bond donors (Lipinski definition) is 2. The van der Waals surface area contributed by atoms with Crippen LogP contribution in [0, 0.1) is 0 Å². The van der Waals surface area contributed by atoms with Gasteiger partial charge in [0.05, 0.1) is 5.56 Å². The van der Waals surface area contributed by atoms with Crippen molar-refractivity contribution in [1.82, 2.24) is 4.98 Å². The molecular weight excluding hydrogens is 282 g/mol. The van der Waals surface area contributed by atoms with Crippen molar-refractivity contribution in [2.45, 2.75) is 51.0 Å². The van der Waals surface area contributed by atoms with Crippen LogP contribution >= 0.6 is 12.2 Å². The molecule has 0 radical (unpaired) electrons. The van der Waals surface area contributed by atoms with Gasteiger partial charge in [0.25, 0.3) is 0 Å². The number of rotatable bonds is 5. The van der Waals surface area contributed by atoms with Crippen molar-refractivity contribution >= 4 is 23.0 Å². The quantitative estimate of drug-likeness (QED) is 0.814. The molecule has 1 aliphatic heterocycles. The summed E-state index contributed by atoms with van der Waals surface area (Å²) < 4.78 is 0. The first-order chi connectivity index (χ1) is 10.2. The number of aliphatic hydroxyl groups excluding tert-OH is 1. The molecule has 114 valence electrons. The van der Waals surface area contributed by atoms with E-state index >= 15 is 0 Å². The van der Waals surface area contributed by atoms with Crippen molar-refractivity contribution in [1.29, 1.82) is 0 Å². The van der Waals surface area contributed by atoms with Gasteiger partial charge in [-0.05, 0) is 56.6 Å². The van der Waals surface area contributed by atoms with Crippen molar-refractivity contribution in [3.05, 3.63) is 22.9 Å². The first-order valence-corrected chi connectivity index (χ1v) is 8.31. The zero-order chi connectivity index (χ0) is 14.8. The summed E-state index contributed by atoms with van der Waals surface area (Å²) in [6.45, 7) is 1.27. The number of aliphatic hydroxyl groups is 1. The van der Waals surface area contributed by atoms with E-state index in [0.29, 0.717) is 11.0 Å². The smallest absolute Gasteiger partial charge is 0.139 e. The first kappa shape index (κ1) is 14.7. The SMILES string of the molecule is NC(=S)c1cc2c(nc1N1CCCC1CCCO)CCC2. The van der Waals surface area contributed by atoms with Crippen LogP contribution in [-0.2, 0) is 12.8 Å². The lowest BCUT2D eigenvalue weighted by molar-refractivity contribution is 0.279. The zero-order valence-corrected chi connectivity index (χ0v) is 13.2. The third-order valence-electron chi connectivity index (χ3n) is 4.64. The molecule has 2 heterocycles. The Morgan fingerprint density at radius 1 is 1.43 bits per heavy atom. The highest BCUT2D eigenvalue weighted by Crippen LogP contribution is 2.32. The maximum atomic E-state index is 9.08. The largest absolute Gasteiger partial charge is 0.396 e. The second-order valence-corrected chi connectivity index (χ2v) is 6.48. The molecule has 4 nitrogen and oxygen atoms in total. The number of aryl methyl sites for hydroxylation is 2. The molecule has 1 fully saturated rings. The maximum absolute atomic E-state index is 9.08. The lowest BCUT2D eigenvalue weighted by atomic mass is 10.1. The standard InChI is InChI=1S/C16H23N3OS/c17-15(21)13-10-11-4-1-7-14(11)18-16(13)19-8-2-5-12(19)6-3-9-20/h10,12,20H,1-9H2,(H2,17,21). The Labute approximate surface area is 131 Å². The van der Waals surface area contributed by atoms with E-state index < -0.39 is 0 Å². The fourth-order valence-electron chi connectivity index (χ4n) is 3.60. The van der Waals surface area contributed by atoms with E-state index in [9.17, 15) is 0 Å². The molecule has 1 unspecified atom stereocenters. The fourth-order valence-corrected chi connectivity index (χ4v) is 3.75. The number of thiocarbonyl (C=S) groups is 1. The minimum absolute atomic E-state index is 0.254. The van der Waals surface area contributed by atoms with E-state index in [4.69, 9.17) is 28.0 Å². The summed E-state index contributed by atoms with van der Waals surface area (Å²) in [5, 5.41) is 9.08. The third-order valence-corrected chi connectivity index (χ3v) is 4.86. The Bertz CT molecular complexity index is 547. The van der Waals surface area contributed by atoms with Crippen molar-refractivity contribution < 1.29 is 5.11 Å². The number of nitrogens with two attached hydrogens (primary N) is 1. The molecule has 1 aliphatic carbocycles. The monoisotopic (exact) mass is 305 g/mol. The van der Waals surface area contributed by atoms with Gasteiger partial charge < -0.3 is 15.7 Å². The Balaban J connectivity index is 1.94. The molecule has 2 aliphatic rings. The molecular formula is C16H23N3OS. The highest BCUT2D eigenvalue weighted by Gasteiger charge is 2.29. The minimum atomic E-state index is 0.254. The minimum Gasteiger partial charge on any atom is -0.396 e. The molecule has 1 aromatic rings. The van der Waals surface area contributed by atoms with Gasteiger partial charge in [0, 0.05) is 24.9 Å². The van der Waals surface area contributed by atoms with E-state index in [0.717, 1.165) is 50.0 Å². The van der Waals surface area contributed by atoms with Crippen LogP contribution in [0.1, 0.15) is 48.9 Å². The van der Waals surface area contributed by atoms with Crippen LogP contribution in [0.4, 0.5) is 5.82 Å². The van der Waals surface area contributed by atoms with Crippen molar-refractivity contribution in [3.63, 3.8) is 0 Å². The molecule has 1 atom stereocenters. The van der Waals surface area contributed by atoms with Gasteiger partial charge in [-0.15, -0.1) is 0 Å². The summed E-state index contributed by atoms with van der Waals surface area (Å²) in [6.07, 6.45) is 7.51. The Kier molecular flexibility index (Phi) is 4.40. The lowest BCUT2D eigenvalue weighted by Gasteiger charge is -2.28. The number of anilines is 1. The van der Waals surface area contributed by atoms with Crippen molar-refractivity contribution in [2.75, 3.05) is 18.1 Å². The van der Waals surface area contributed by atoms with Crippen LogP contribution in [0.3, 0.4) is 0 Å². The summed E-state index contributed by atoms with van der Waals surface area (Å²) in [7, 11) is 0. The molecule has 5 heteroatoms. The lowest BCUT2D eigenvalue weighted by Crippen LogP contribution is -2.32. The summed E-state index contributed by atoms with van der Waals surface area (Å²) >= 11 is 5.25. The predicted molar refractivity (Wildman–Crippen MR) is 88.8 cm³/mol. The molecule has 0 aromatic carbocycles. The Hall–Kier alpha value is -1.20. The fraction of sp³-hybridized carbons (Fsp3) is 0.625. The van der Waals surface area contributed by atoms with E-state index in [1.54, 1.807) is 0 Å². The second kappa shape index (κ2) is 6.28. The van der Waals surface area contributed by atoms with Crippen molar-refractivity contribution in [2.24, 2.45) is 5.73 Å². The van der Waals surface area contributed by atoms with E-state index in [-0.39, 0.29) is 6.61 Å². The molecule has 3 rings (SSSR count).